The summed E-state index contributed by atoms with van der Waals surface area (Å²) in [6.07, 6.45) is 3.79. The first kappa shape index (κ1) is 16.9. The fourth-order valence-corrected chi connectivity index (χ4v) is 3.27. The third kappa shape index (κ3) is 4.12. The molecule has 0 aliphatic carbocycles. The van der Waals surface area contributed by atoms with Crippen molar-refractivity contribution < 1.29 is 18.8 Å². The van der Waals surface area contributed by atoms with Crippen LogP contribution in [0.3, 0.4) is 0 Å². The van der Waals surface area contributed by atoms with E-state index in [1.807, 2.05) is 0 Å². The molecule has 2 heterocycles. The van der Waals surface area contributed by atoms with E-state index in [4.69, 9.17) is 4.84 Å². The Kier molecular flexibility index (Phi) is 5.45. The molecule has 1 atom stereocenters. The fourth-order valence-electron chi connectivity index (χ4n) is 3.27. The number of carbonyl (C=O) groups excluding carboxylic acids is 2. The zero-order valence-electron chi connectivity index (χ0n) is 13.7. The standard InChI is InChI=1S/C18H23FN2O3/c19-16-7-5-14(6-8-16)12-17(22)20-9-3-4-15(13-20)18(23)21-10-1-2-11-24-21/h5-8,15H,1-4,9-13H2. The second-order valence-corrected chi connectivity index (χ2v) is 6.46. The zero-order valence-corrected chi connectivity index (χ0v) is 13.7. The van der Waals surface area contributed by atoms with Crippen molar-refractivity contribution in [2.45, 2.75) is 32.1 Å². The van der Waals surface area contributed by atoms with Crippen molar-refractivity contribution >= 4 is 11.8 Å². The first-order valence-electron chi connectivity index (χ1n) is 8.60. The predicted molar refractivity (Wildman–Crippen MR) is 86.3 cm³/mol. The average Bonchev–Trinajstić information content (AvgIpc) is 2.64. The number of nitrogens with zero attached hydrogens (tertiary/aromatic N) is 2. The maximum atomic E-state index is 12.9. The lowest BCUT2D eigenvalue weighted by atomic mass is 9.96. The Morgan fingerprint density at radius 1 is 1.12 bits per heavy atom. The highest BCUT2D eigenvalue weighted by Crippen LogP contribution is 2.21. The van der Waals surface area contributed by atoms with Gasteiger partial charge >= 0.3 is 0 Å². The number of hydroxylamine groups is 2. The smallest absolute Gasteiger partial charge is 0.251 e. The molecule has 2 aliphatic heterocycles. The van der Waals surface area contributed by atoms with Gasteiger partial charge in [-0.2, -0.15) is 0 Å². The maximum absolute atomic E-state index is 12.9. The molecule has 0 aromatic heterocycles. The van der Waals surface area contributed by atoms with E-state index >= 15 is 0 Å². The zero-order chi connectivity index (χ0) is 16.9. The first-order chi connectivity index (χ1) is 11.6. The van der Waals surface area contributed by atoms with E-state index in [1.165, 1.54) is 17.2 Å². The number of rotatable bonds is 3. The second kappa shape index (κ2) is 7.75. The van der Waals surface area contributed by atoms with Crippen LogP contribution in [0.1, 0.15) is 31.2 Å². The van der Waals surface area contributed by atoms with Crippen LogP contribution in [0.2, 0.25) is 0 Å². The number of halogens is 1. The summed E-state index contributed by atoms with van der Waals surface area (Å²) in [6, 6.07) is 5.97. The normalized spacial score (nSPS) is 21.6. The average molecular weight is 334 g/mol. The third-order valence-electron chi connectivity index (χ3n) is 4.64. The molecule has 3 rings (SSSR count). The number of likely N-dealkylation sites (tertiary alicyclic amines) is 1. The summed E-state index contributed by atoms with van der Waals surface area (Å²) in [5, 5.41) is 1.47. The molecule has 1 aromatic carbocycles. The Hall–Kier alpha value is -1.95. The molecule has 0 N–H and O–H groups in total. The van der Waals surface area contributed by atoms with E-state index in [9.17, 15) is 14.0 Å². The second-order valence-electron chi connectivity index (χ2n) is 6.46. The van der Waals surface area contributed by atoms with Crippen LogP contribution in [0.15, 0.2) is 24.3 Å². The van der Waals surface area contributed by atoms with Gasteiger partial charge in [0, 0.05) is 19.6 Å². The van der Waals surface area contributed by atoms with Crippen molar-refractivity contribution in [2.24, 2.45) is 5.92 Å². The van der Waals surface area contributed by atoms with Crippen molar-refractivity contribution in [1.29, 1.82) is 0 Å². The van der Waals surface area contributed by atoms with Gasteiger partial charge in [-0.1, -0.05) is 12.1 Å². The van der Waals surface area contributed by atoms with Crippen LogP contribution in [0.5, 0.6) is 0 Å². The van der Waals surface area contributed by atoms with E-state index < -0.39 is 0 Å². The van der Waals surface area contributed by atoms with Crippen LogP contribution in [-0.4, -0.2) is 48.0 Å². The van der Waals surface area contributed by atoms with Gasteiger partial charge in [-0.25, -0.2) is 9.45 Å². The Bertz CT molecular complexity index is 584. The first-order valence-corrected chi connectivity index (χ1v) is 8.60. The summed E-state index contributed by atoms with van der Waals surface area (Å²) < 4.78 is 12.9. The van der Waals surface area contributed by atoms with Gasteiger partial charge in [-0.05, 0) is 43.4 Å². The van der Waals surface area contributed by atoms with Crippen molar-refractivity contribution in [3.05, 3.63) is 35.6 Å². The topological polar surface area (TPSA) is 49.9 Å². The molecule has 2 aliphatic rings. The van der Waals surface area contributed by atoms with Gasteiger partial charge in [0.15, 0.2) is 0 Å². The summed E-state index contributed by atoms with van der Waals surface area (Å²) in [6.45, 7) is 2.34. The lowest BCUT2D eigenvalue weighted by molar-refractivity contribution is -0.202. The minimum absolute atomic E-state index is 0.00557. The Balaban J connectivity index is 1.57. The minimum Gasteiger partial charge on any atom is -0.342 e. The highest BCUT2D eigenvalue weighted by molar-refractivity contribution is 5.82. The van der Waals surface area contributed by atoms with E-state index in [-0.39, 0.29) is 30.0 Å². The number of hydrogen-bond acceptors (Lipinski definition) is 3. The predicted octanol–water partition coefficient (Wildman–Crippen LogP) is 2.16. The van der Waals surface area contributed by atoms with Gasteiger partial charge in [-0.3, -0.25) is 14.4 Å². The monoisotopic (exact) mass is 334 g/mol. The number of carbonyl (C=O) groups is 2. The fraction of sp³-hybridized carbons (Fsp3) is 0.556. The van der Waals surface area contributed by atoms with Gasteiger partial charge in [0.2, 0.25) is 5.91 Å². The highest BCUT2D eigenvalue weighted by atomic mass is 19.1. The van der Waals surface area contributed by atoms with Gasteiger partial charge in [0.1, 0.15) is 5.82 Å². The van der Waals surface area contributed by atoms with E-state index in [2.05, 4.69) is 0 Å². The minimum atomic E-state index is -0.309. The molecule has 0 radical (unpaired) electrons. The van der Waals surface area contributed by atoms with Crippen molar-refractivity contribution in [3.8, 4) is 0 Å². The SMILES string of the molecule is O=C(Cc1ccc(F)cc1)N1CCCC(C(=O)N2CCCCO2)C1. The molecule has 1 aromatic rings. The summed E-state index contributed by atoms with van der Waals surface area (Å²) in [4.78, 5) is 32.2. The molecule has 5 nitrogen and oxygen atoms in total. The Morgan fingerprint density at radius 2 is 1.92 bits per heavy atom. The number of hydrogen-bond donors (Lipinski definition) is 0. The number of amides is 2. The molecular formula is C18H23FN2O3. The van der Waals surface area contributed by atoms with Gasteiger partial charge in [-0.15, -0.1) is 0 Å². The third-order valence-corrected chi connectivity index (χ3v) is 4.64. The highest BCUT2D eigenvalue weighted by Gasteiger charge is 2.32. The molecule has 0 saturated carbocycles. The molecule has 130 valence electrons. The molecule has 6 heteroatoms. The van der Waals surface area contributed by atoms with Crippen LogP contribution in [0, 0.1) is 11.7 Å². The summed E-state index contributed by atoms with van der Waals surface area (Å²) in [7, 11) is 0. The summed E-state index contributed by atoms with van der Waals surface area (Å²) in [5.41, 5.74) is 0.786. The molecule has 2 fully saturated rings. The van der Waals surface area contributed by atoms with Crippen molar-refractivity contribution in [1.82, 2.24) is 9.96 Å². The molecular weight excluding hydrogens is 311 g/mol. The van der Waals surface area contributed by atoms with Crippen LogP contribution >= 0.6 is 0 Å². The molecule has 24 heavy (non-hydrogen) atoms. The number of piperidine rings is 1. The number of benzene rings is 1. The van der Waals surface area contributed by atoms with Crippen LogP contribution in [-0.2, 0) is 20.8 Å². The Morgan fingerprint density at radius 3 is 2.62 bits per heavy atom. The van der Waals surface area contributed by atoms with Gasteiger partial charge < -0.3 is 4.90 Å². The largest absolute Gasteiger partial charge is 0.342 e. The van der Waals surface area contributed by atoms with Gasteiger partial charge in [0.05, 0.1) is 18.9 Å². The quantitative estimate of drug-likeness (QED) is 0.851. The van der Waals surface area contributed by atoms with Crippen molar-refractivity contribution in [2.75, 3.05) is 26.2 Å². The maximum Gasteiger partial charge on any atom is 0.251 e. The van der Waals surface area contributed by atoms with Gasteiger partial charge in [0.25, 0.3) is 5.91 Å². The van der Waals surface area contributed by atoms with E-state index in [0.29, 0.717) is 26.2 Å². The lowest BCUT2D eigenvalue weighted by Crippen LogP contribution is -2.48. The molecule has 0 bridgehead atoms. The molecule has 0 spiro atoms. The molecule has 2 amide bonds. The van der Waals surface area contributed by atoms with Crippen LogP contribution in [0.4, 0.5) is 4.39 Å². The van der Waals surface area contributed by atoms with E-state index in [1.54, 1.807) is 17.0 Å². The van der Waals surface area contributed by atoms with Crippen molar-refractivity contribution in [3.63, 3.8) is 0 Å². The molecule has 1 unspecified atom stereocenters. The summed E-state index contributed by atoms with van der Waals surface area (Å²) in [5.74, 6) is -0.516. The lowest BCUT2D eigenvalue weighted by Gasteiger charge is -2.35. The van der Waals surface area contributed by atoms with Crippen LogP contribution in [0.25, 0.3) is 0 Å². The molecule has 2 saturated heterocycles. The summed E-state index contributed by atoms with van der Waals surface area (Å²) >= 11 is 0. The van der Waals surface area contributed by atoms with Crippen LogP contribution < -0.4 is 0 Å². The van der Waals surface area contributed by atoms with E-state index in [0.717, 1.165) is 31.2 Å². The Labute approximate surface area is 141 Å².